The molecule has 1 fully saturated rings. The van der Waals surface area contributed by atoms with Gasteiger partial charge >= 0.3 is 0 Å². The molecule has 2 aromatic carbocycles. The lowest BCUT2D eigenvalue weighted by Gasteiger charge is -2.36. The van der Waals surface area contributed by atoms with Crippen molar-refractivity contribution in [3.05, 3.63) is 42.0 Å². The quantitative estimate of drug-likeness (QED) is 0.878. The maximum absolute atomic E-state index is 10.2. The van der Waals surface area contributed by atoms with E-state index < -0.39 is 0 Å². The van der Waals surface area contributed by atoms with Crippen molar-refractivity contribution in [1.82, 2.24) is 10.2 Å². The summed E-state index contributed by atoms with van der Waals surface area (Å²) in [6.07, 6.45) is 2.40. The van der Waals surface area contributed by atoms with Crippen LogP contribution in [0.5, 0.6) is 5.75 Å². The smallest absolute Gasteiger partial charge is 0.123 e. The maximum Gasteiger partial charge on any atom is 0.123 e. The van der Waals surface area contributed by atoms with E-state index in [9.17, 15) is 5.11 Å². The van der Waals surface area contributed by atoms with E-state index in [0.29, 0.717) is 17.7 Å². The van der Waals surface area contributed by atoms with Crippen molar-refractivity contribution in [2.45, 2.75) is 32.7 Å². The zero-order chi connectivity index (χ0) is 16.2. The molecule has 1 atom stereocenters. The Hall–Kier alpha value is -1.58. The van der Waals surface area contributed by atoms with Crippen molar-refractivity contribution in [3.8, 4) is 5.75 Å². The average molecular weight is 312 g/mol. The Kier molecular flexibility index (Phi) is 5.19. The molecule has 23 heavy (non-hydrogen) atoms. The van der Waals surface area contributed by atoms with Crippen molar-refractivity contribution in [2.24, 2.45) is 5.92 Å². The lowest BCUT2D eigenvalue weighted by Crippen LogP contribution is -2.45. The number of hydrogen-bond donors (Lipinski definition) is 2. The van der Waals surface area contributed by atoms with Crippen LogP contribution in [-0.4, -0.2) is 36.2 Å². The predicted molar refractivity (Wildman–Crippen MR) is 96.9 cm³/mol. The van der Waals surface area contributed by atoms with Gasteiger partial charge in [-0.3, -0.25) is 4.90 Å². The molecule has 1 aliphatic rings. The van der Waals surface area contributed by atoms with Gasteiger partial charge in [-0.15, -0.1) is 0 Å². The first-order valence-corrected chi connectivity index (χ1v) is 8.82. The van der Waals surface area contributed by atoms with Crippen molar-refractivity contribution in [1.29, 1.82) is 0 Å². The minimum absolute atomic E-state index is 0.382. The van der Waals surface area contributed by atoms with E-state index in [4.69, 9.17) is 0 Å². The average Bonchev–Trinajstić information content (AvgIpc) is 2.58. The molecule has 0 aliphatic carbocycles. The number of aromatic hydroxyl groups is 1. The highest BCUT2D eigenvalue weighted by molar-refractivity contribution is 5.91. The zero-order valence-electron chi connectivity index (χ0n) is 14.3. The molecule has 124 valence electrons. The van der Waals surface area contributed by atoms with Gasteiger partial charge in [-0.2, -0.15) is 0 Å². The lowest BCUT2D eigenvalue weighted by atomic mass is 9.91. The Balaban J connectivity index is 1.99. The highest BCUT2D eigenvalue weighted by atomic mass is 16.3. The monoisotopic (exact) mass is 312 g/mol. The summed E-state index contributed by atoms with van der Waals surface area (Å²) in [6.45, 7) is 8.91. The van der Waals surface area contributed by atoms with Gasteiger partial charge in [-0.05, 0) is 35.8 Å². The Bertz CT molecular complexity index is 647. The summed E-state index contributed by atoms with van der Waals surface area (Å²) in [7, 11) is 0. The molecule has 3 nitrogen and oxygen atoms in total. The van der Waals surface area contributed by atoms with Crippen LogP contribution in [0.1, 0.15) is 38.3 Å². The number of nitrogens with zero attached hydrogens (tertiary/aromatic N) is 1. The van der Waals surface area contributed by atoms with Crippen LogP contribution in [0.4, 0.5) is 0 Å². The number of piperazine rings is 1. The summed E-state index contributed by atoms with van der Waals surface area (Å²) >= 11 is 0. The molecule has 2 N–H and O–H groups in total. The van der Waals surface area contributed by atoms with Crippen molar-refractivity contribution in [2.75, 3.05) is 26.2 Å². The second kappa shape index (κ2) is 7.33. The van der Waals surface area contributed by atoms with E-state index >= 15 is 0 Å². The fraction of sp³-hybridized carbons (Fsp3) is 0.500. The van der Waals surface area contributed by atoms with Crippen LogP contribution in [-0.2, 0) is 0 Å². The van der Waals surface area contributed by atoms with Gasteiger partial charge in [-0.1, -0.05) is 44.2 Å². The Labute approximate surface area is 139 Å². The molecule has 0 spiro atoms. The first-order chi connectivity index (χ1) is 11.2. The third-order valence-corrected chi connectivity index (χ3v) is 4.90. The van der Waals surface area contributed by atoms with Crippen LogP contribution in [0.3, 0.4) is 0 Å². The van der Waals surface area contributed by atoms with E-state index in [0.717, 1.165) is 31.6 Å². The zero-order valence-corrected chi connectivity index (χ0v) is 14.3. The molecule has 0 amide bonds. The number of nitrogens with one attached hydrogen (secondary N) is 1. The third-order valence-electron chi connectivity index (χ3n) is 4.90. The van der Waals surface area contributed by atoms with Gasteiger partial charge in [0.1, 0.15) is 5.75 Å². The molecule has 1 aliphatic heterocycles. The van der Waals surface area contributed by atoms with Gasteiger partial charge < -0.3 is 10.4 Å². The Morgan fingerprint density at radius 2 is 1.70 bits per heavy atom. The molecule has 0 unspecified atom stereocenters. The fourth-order valence-corrected chi connectivity index (χ4v) is 3.62. The number of phenolic OH excluding ortho intramolecular Hbond substituents is 1. The second-order valence-corrected chi connectivity index (χ2v) is 6.99. The van der Waals surface area contributed by atoms with Gasteiger partial charge in [0.25, 0.3) is 0 Å². The van der Waals surface area contributed by atoms with Crippen LogP contribution < -0.4 is 5.32 Å². The first kappa shape index (κ1) is 16.3. The van der Waals surface area contributed by atoms with Crippen LogP contribution in [0.15, 0.2) is 36.4 Å². The molecule has 3 rings (SSSR count). The van der Waals surface area contributed by atoms with Crippen LogP contribution in [0.2, 0.25) is 0 Å². The summed E-state index contributed by atoms with van der Waals surface area (Å²) in [4.78, 5) is 2.61. The summed E-state index contributed by atoms with van der Waals surface area (Å²) in [6, 6.07) is 12.7. The molecule has 0 bridgehead atoms. The third kappa shape index (κ3) is 3.67. The Morgan fingerprint density at radius 1 is 1.00 bits per heavy atom. The van der Waals surface area contributed by atoms with Crippen LogP contribution >= 0.6 is 0 Å². The molecule has 1 saturated heterocycles. The number of phenols is 1. The summed E-state index contributed by atoms with van der Waals surface area (Å²) in [5.41, 5.74) is 1.36. The topological polar surface area (TPSA) is 35.5 Å². The number of hydrogen-bond acceptors (Lipinski definition) is 3. The fourth-order valence-electron chi connectivity index (χ4n) is 3.62. The first-order valence-electron chi connectivity index (χ1n) is 8.82. The van der Waals surface area contributed by atoms with Gasteiger partial charge in [0.05, 0.1) is 0 Å². The molecule has 3 heteroatoms. The van der Waals surface area contributed by atoms with Crippen LogP contribution in [0.25, 0.3) is 10.8 Å². The van der Waals surface area contributed by atoms with Crippen molar-refractivity contribution in [3.63, 3.8) is 0 Å². The minimum Gasteiger partial charge on any atom is -0.507 e. The lowest BCUT2D eigenvalue weighted by molar-refractivity contribution is 0.161. The Morgan fingerprint density at radius 3 is 2.39 bits per heavy atom. The normalized spacial score (nSPS) is 17.7. The van der Waals surface area contributed by atoms with Gasteiger partial charge in [0.2, 0.25) is 0 Å². The largest absolute Gasteiger partial charge is 0.507 e. The number of benzene rings is 2. The van der Waals surface area contributed by atoms with Crippen molar-refractivity contribution < 1.29 is 5.11 Å². The van der Waals surface area contributed by atoms with E-state index in [1.807, 2.05) is 18.2 Å². The standard InChI is InChI=1S/C20H28N2O/c1-15(2)7-9-19(22-13-11-21-12-14-22)17-8-10-20(23)18-6-4-3-5-16(17)18/h3-6,8,10,15,19,21,23H,7,9,11-14H2,1-2H3/t19-/m1/s1. The van der Waals surface area contributed by atoms with Crippen molar-refractivity contribution >= 4 is 10.8 Å². The van der Waals surface area contributed by atoms with E-state index in [-0.39, 0.29) is 0 Å². The van der Waals surface area contributed by atoms with E-state index in [2.05, 4.69) is 42.3 Å². The highest BCUT2D eigenvalue weighted by Crippen LogP contribution is 2.36. The maximum atomic E-state index is 10.2. The predicted octanol–water partition coefficient (Wildman–Crippen LogP) is 3.93. The molecule has 0 radical (unpaired) electrons. The molecule has 0 aromatic heterocycles. The molecular weight excluding hydrogens is 284 g/mol. The highest BCUT2D eigenvalue weighted by Gasteiger charge is 2.24. The molecule has 2 aromatic rings. The SMILES string of the molecule is CC(C)CC[C@H](c1ccc(O)c2ccccc12)N1CCNCC1. The van der Waals surface area contributed by atoms with E-state index in [1.165, 1.54) is 23.8 Å². The van der Waals surface area contributed by atoms with E-state index in [1.54, 1.807) is 0 Å². The molecular formula is C20H28N2O. The molecule has 0 saturated carbocycles. The molecule has 1 heterocycles. The van der Waals surface area contributed by atoms with Crippen LogP contribution in [0, 0.1) is 5.92 Å². The number of fused-ring (bicyclic) bond motifs is 1. The summed E-state index contributed by atoms with van der Waals surface area (Å²) in [5, 5.41) is 15.8. The summed E-state index contributed by atoms with van der Waals surface area (Å²) < 4.78 is 0. The summed E-state index contributed by atoms with van der Waals surface area (Å²) in [5.74, 6) is 1.09. The second-order valence-electron chi connectivity index (χ2n) is 6.99. The van der Waals surface area contributed by atoms with Gasteiger partial charge in [-0.25, -0.2) is 0 Å². The minimum atomic E-state index is 0.382. The van der Waals surface area contributed by atoms with Gasteiger partial charge in [0.15, 0.2) is 0 Å². The number of rotatable bonds is 5. The van der Waals surface area contributed by atoms with Gasteiger partial charge in [0, 0.05) is 37.6 Å².